The SMILES string of the molecule is Cc1nc(C)nc(-c2cc(-n3c4c(c5ccc(-c6cccc(C#N)c6)cc53)CC(C)C(C3=CC(C)CC(C#N)C3C)=C4)c(C#N)cc2-n2c3cc(-c4cccc(C#N)c4)ccc3c3ccc(-c4cc(C#N)ccc4-c4ccc5c(c4)c4cc(-c6cccc(C#N)c6)ccc4n5-c4cc(-c5nc(-c6ccccc6)nc(-c6ccccc6)n5)c(-n5c6ccccc6c6cc(-c7cccc(C#N)c7)ccc65)cc4C#N)cc32)n1. The lowest BCUT2D eigenvalue weighted by Gasteiger charge is -2.34. The van der Waals surface area contributed by atoms with Crippen molar-refractivity contribution in [1.82, 2.24) is 48.2 Å². The molecule has 16 aromatic carbocycles. The molecule has 0 radical (unpaired) electrons. The van der Waals surface area contributed by atoms with Gasteiger partial charge in [-0.3, -0.25) is 0 Å². The minimum atomic E-state index is -0.180. The molecular formula is C127H80N18. The number of fused-ring (bicyclic) bond motifs is 12. The smallest absolute Gasteiger partial charge is 0.166 e. The fraction of sp³-hybridized carbons (Fsp3) is 0.0866. The molecule has 0 saturated carbocycles. The van der Waals surface area contributed by atoms with Crippen LogP contribution in [-0.4, -0.2) is 48.2 Å². The molecule has 18 heteroatoms. The van der Waals surface area contributed by atoms with Gasteiger partial charge in [0.05, 0.1) is 148 Å². The van der Waals surface area contributed by atoms with Gasteiger partial charge in [-0.1, -0.05) is 215 Å². The van der Waals surface area contributed by atoms with Crippen LogP contribution in [0.4, 0.5) is 0 Å². The van der Waals surface area contributed by atoms with Gasteiger partial charge in [-0.2, -0.15) is 42.1 Å². The maximum Gasteiger partial charge on any atom is 0.166 e. The summed E-state index contributed by atoms with van der Waals surface area (Å²) in [5.74, 6) is 2.55. The minimum absolute atomic E-state index is 0.0382. The van der Waals surface area contributed by atoms with Gasteiger partial charge in [0.2, 0.25) is 0 Å². The zero-order chi connectivity index (χ0) is 98.7. The number of aromatic nitrogens is 10. The van der Waals surface area contributed by atoms with Crippen LogP contribution in [0.3, 0.4) is 0 Å². The molecule has 2 aliphatic carbocycles. The van der Waals surface area contributed by atoms with E-state index in [9.17, 15) is 42.1 Å². The van der Waals surface area contributed by atoms with Gasteiger partial charge >= 0.3 is 0 Å². The number of nitriles is 8. The van der Waals surface area contributed by atoms with Crippen molar-refractivity contribution in [3.05, 3.63) is 413 Å². The molecule has 6 heterocycles. The molecule has 6 aromatic heterocycles. The van der Waals surface area contributed by atoms with Crippen molar-refractivity contribution >= 4 is 82.4 Å². The van der Waals surface area contributed by atoms with E-state index < -0.39 is 0 Å². The van der Waals surface area contributed by atoms with Gasteiger partial charge in [-0.25, -0.2) is 29.9 Å². The van der Waals surface area contributed by atoms with Gasteiger partial charge < -0.3 is 18.3 Å². The van der Waals surface area contributed by atoms with Crippen molar-refractivity contribution in [3.63, 3.8) is 0 Å². The molecule has 678 valence electrons. The Labute approximate surface area is 834 Å². The molecule has 0 saturated heterocycles. The minimum Gasteiger partial charge on any atom is -0.308 e. The van der Waals surface area contributed by atoms with Crippen LogP contribution in [-0.2, 0) is 6.42 Å². The number of allylic oxidation sites excluding steroid dienone is 3. The van der Waals surface area contributed by atoms with Crippen molar-refractivity contribution < 1.29 is 0 Å². The third-order valence-electron chi connectivity index (χ3n) is 28.9. The summed E-state index contributed by atoms with van der Waals surface area (Å²) in [4.78, 5) is 31.4. The number of hydrogen-bond acceptors (Lipinski definition) is 14. The van der Waals surface area contributed by atoms with Gasteiger partial charge in [0, 0.05) is 60.0 Å². The van der Waals surface area contributed by atoms with E-state index in [0.717, 1.165) is 183 Å². The Balaban J connectivity index is 0.739. The lowest BCUT2D eigenvalue weighted by Crippen LogP contribution is -2.25. The fourth-order valence-electron chi connectivity index (χ4n) is 22.1. The number of hydrogen-bond donors (Lipinski definition) is 0. The average molecular weight is 1860 g/mol. The standard InChI is InChI=1S/C127H80N18/c1-73-46-95(70-133)75(3)104(47-73)103-62-123-106(48-74(103)2)102-41-34-92(88-29-17-21-81(52-88)68-131)58-119(102)144(123)117-63-110(126-137-76(4)136-77(5)138-126)122(61-97(117)72-135)145-118-57-91(87-28-16-20-80(51-87)67-130)33-40-100(118)101-42-35-94(59-120(101)145)105-53-82(69-132)32-39-98(105)93-38-45-115-109(56-93)108-55-90(86-27-15-19-79(50-86)66-129)37-44-114(108)142(115)116-64-111(127-140-124(83-22-8-6-9-23-83)139-125(141-127)84-24-10-7-11-25-84)121(60-96(116)71-134)143-112-31-13-12-30-99(112)107-54-89(36-43-113(107)143)85-26-14-18-78(49-85)65-128/h6-45,47,49-64,73-75,95H,46,48H2,1-5H3. The largest absolute Gasteiger partial charge is 0.308 e. The summed E-state index contributed by atoms with van der Waals surface area (Å²) >= 11 is 0. The Hall–Kier alpha value is -20.1. The first kappa shape index (κ1) is 87.6. The molecule has 0 fully saturated rings. The fourth-order valence-corrected chi connectivity index (χ4v) is 22.1. The summed E-state index contributed by atoms with van der Waals surface area (Å²) in [6.07, 6.45) is 6.09. The predicted molar refractivity (Wildman–Crippen MR) is 571 cm³/mol. The maximum atomic E-state index is 12.4. The van der Waals surface area contributed by atoms with E-state index in [1.54, 1.807) is 24.3 Å². The van der Waals surface area contributed by atoms with Crippen LogP contribution in [0.1, 0.15) is 89.0 Å². The van der Waals surface area contributed by atoms with Crippen LogP contribution < -0.4 is 0 Å². The zero-order valence-corrected chi connectivity index (χ0v) is 79.2. The van der Waals surface area contributed by atoms with E-state index in [1.807, 2.05) is 196 Å². The number of aryl methyl sites for hydroxylation is 2. The van der Waals surface area contributed by atoms with Gasteiger partial charge in [0.1, 0.15) is 23.8 Å². The van der Waals surface area contributed by atoms with Crippen LogP contribution in [0.5, 0.6) is 0 Å². The highest BCUT2D eigenvalue weighted by molar-refractivity contribution is 6.16. The van der Waals surface area contributed by atoms with Crippen LogP contribution in [0.25, 0.3) is 217 Å². The van der Waals surface area contributed by atoms with E-state index in [2.05, 4.69) is 227 Å². The third kappa shape index (κ3) is 15.0. The van der Waals surface area contributed by atoms with Gasteiger partial charge in [0.25, 0.3) is 0 Å². The highest BCUT2D eigenvalue weighted by atomic mass is 15.1. The van der Waals surface area contributed by atoms with Gasteiger partial charge in [-0.15, -0.1) is 0 Å². The van der Waals surface area contributed by atoms with Gasteiger partial charge in [0.15, 0.2) is 23.3 Å². The molecular weight excluding hydrogens is 1780 g/mol. The Kier molecular flexibility index (Phi) is 21.4. The topological polar surface area (TPSA) is 287 Å². The molecule has 4 unspecified atom stereocenters. The second-order valence-corrected chi connectivity index (χ2v) is 37.6. The quantitative estimate of drug-likeness (QED) is 0.0922. The Morgan fingerprint density at radius 3 is 1.17 bits per heavy atom. The van der Waals surface area contributed by atoms with E-state index in [-0.39, 0.29) is 23.7 Å². The van der Waals surface area contributed by atoms with Crippen molar-refractivity contribution in [2.24, 2.45) is 23.7 Å². The highest BCUT2D eigenvalue weighted by Gasteiger charge is 2.36. The molecule has 0 spiro atoms. The molecule has 0 amide bonds. The zero-order valence-electron chi connectivity index (χ0n) is 79.2. The summed E-state index contributed by atoms with van der Waals surface area (Å²) < 4.78 is 8.76. The van der Waals surface area contributed by atoms with Gasteiger partial charge in [-0.05, 0) is 280 Å². The second-order valence-electron chi connectivity index (χ2n) is 37.6. The molecule has 0 N–H and O–H groups in total. The van der Waals surface area contributed by atoms with E-state index in [0.29, 0.717) is 114 Å². The lowest BCUT2D eigenvalue weighted by atomic mass is 9.70. The summed E-state index contributed by atoms with van der Waals surface area (Å²) in [5.41, 5.74) is 27.9. The van der Waals surface area contributed by atoms with Crippen molar-refractivity contribution in [3.8, 4) is 184 Å². The molecule has 145 heavy (non-hydrogen) atoms. The predicted octanol–water partition coefficient (Wildman–Crippen LogP) is 29.0. The number of para-hydroxylation sites is 1. The Bertz CT molecular complexity index is 9730. The average Bonchev–Trinajstić information content (AvgIpc) is 1.56. The van der Waals surface area contributed by atoms with E-state index >= 15 is 0 Å². The second kappa shape index (κ2) is 35.4. The highest BCUT2D eigenvalue weighted by Crippen LogP contribution is 2.51. The third-order valence-corrected chi connectivity index (χ3v) is 28.9. The summed E-state index contributed by atoms with van der Waals surface area (Å²) in [6, 6.07) is 130. The number of benzene rings is 16. The molecule has 22 aromatic rings. The van der Waals surface area contributed by atoms with Crippen LogP contribution in [0.2, 0.25) is 0 Å². The normalized spacial score (nSPS) is 14.4. The summed E-state index contributed by atoms with van der Waals surface area (Å²) in [5, 5.41) is 94.1. The maximum absolute atomic E-state index is 12.4. The van der Waals surface area contributed by atoms with Crippen molar-refractivity contribution in [1.29, 1.82) is 42.1 Å². The molecule has 18 nitrogen and oxygen atoms in total. The summed E-state index contributed by atoms with van der Waals surface area (Å²) in [6.45, 7) is 10.3. The number of rotatable bonds is 15. The Morgan fingerprint density at radius 1 is 0.269 bits per heavy atom. The molecule has 0 aliphatic heterocycles. The lowest BCUT2D eigenvalue weighted by molar-refractivity contribution is 0.389. The summed E-state index contributed by atoms with van der Waals surface area (Å²) in [7, 11) is 0. The number of nitrogens with zero attached hydrogens (tertiary/aromatic N) is 18. The Morgan fingerprint density at radius 2 is 0.655 bits per heavy atom. The molecule has 4 atom stereocenters. The van der Waals surface area contributed by atoms with Crippen LogP contribution in [0.15, 0.2) is 351 Å². The molecule has 0 bridgehead atoms. The molecule has 24 rings (SSSR count). The first-order valence-corrected chi connectivity index (χ1v) is 48.0. The monoisotopic (exact) mass is 1860 g/mol. The van der Waals surface area contributed by atoms with E-state index in [4.69, 9.17) is 29.9 Å². The van der Waals surface area contributed by atoms with Crippen molar-refractivity contribution in [2.75, 3.05) is 0 Å². The first-order chi connectivity index (χ1) is 71.0. The van der Waals surface area contributed by atoms with Crippen molar-refractivity contribution in [2.45, 2.75) is 47.5 Å². The van der Waals surface area contributed by atoms with Crippen LogP contribution in [0, 0.1) is 128 Å². The van der Waals surface area contributed by atoms with Crippen LogP contribution >= 0.6 is 0 Å². The van der Waals surface area contributed by atoms with E-state index in [1.165, 1.54) is 0 Å². The molecule has 2 aliphatic rings. The first-order valence-electron chi connectivity index (χ1n) is 48.0.